The van der Waals surface area contributed by atoms with Crippen molar-refractivity contribution >= 4 is 5.91 Å². The number of hydrogen-bond donors (Lipinski definition) is 0. The predicted octanol–water partition coefficient (Wildman–Crippen LogP) is 1.71. The van der Waals surface area contributed by atoms with Crippen LogP contribution in [0.2, 0.25) is 0 Å². The molecule has 120 valence electrons. The van der Waals surface area contributed by atoms with Crippen LogP contribution in [0.4, 0.5) is 0 Å². The van der Waals surface area contributed by atoms with Crippen LogP contribution in [0.5, 0.6) is 11.5 Å². The molecule has 1 saturated heterocycles. The van der Waals surface area contributed by atoms with Gasteiger partial charge < -0.3 is 14.4 Å². The van der Waals surface area contributed by atoms with Gasteiger partial charge in [-0.15, -0.1) is 0 Å². The van der Waals surface area contributed by atoms with Crippen LogP contribution in [0.25, 0.3) is 0 Å². The van der Waals surface area contributed by atoms with Gasteiger partial charge in [-0.2, -0.15) is 5.10 Å². The van der Waals surface area contributed by atoms with Gasteiger partial charge in [0.15, 0.2) is 11.5 Å². The van der Waals surface area contributed by atoms with Crippen molar-refractivity contribution in [2.24, 2.45) is 0 Å². The van der Waals surface area contributed by atoms with Crippen molar-refractivity contribution in [3.63, 3.8) is 0 Å². The molecular formula is C17H19N3O3. The Balaban J connectivity index is 1.46. The summed E-state index contributed by atoms with van der Waals surface area (Å²) in [6.45, 7) is 1.76. The van der Waals surface area contributed by atoms with E-state index in [4.69, 9.17) is 9.47 Å². The Morgan fingerprint density at radius 2 is 2.13 bits per heavy atom. The zero-order valence-electron chi connectivity index (χ0n) is 12.8. The predicted molar refractivity (Wildman–Crippen MR) is 83.3 cm³/mol. The van der Waals surface area contributed by atoms with Crippen molar-refractivity contribution in [3.05, 3.63) is 42.7 Å². The molecule has 3 heterocycles. The highest BCUT2D eigenvalue weighted by Gasteiger charge is 2.36. The standard InChI is InChI=1S/C17H19N3O3/c21-17(16-12-22-14-6-1-2-7-15(14)23-16)20-10-3-5-13(20)11-19-9-4-8-18-19/h1-2,4,6-9,13,16H,3,5,10-12H2/t13-,16+/m0/s1. The minimum atomic E-state index is -0.567. The average Bonchev–Trinajstić information content (AvgIpc) is 3.26. The third-order valence-electron chi connectivity index (χ3n) is 4.40. The maximum Gasteiger partial charge on any atom is 0.267 e. The molecule has 1 amide bonds. The van der Waals surface area contributed by atoms with Gasteiger partial charge in [0.1, 0.15) is 6.61 Å². The summed E-state index contributed by atoms with van der Waals surface area (Å²) >= 11 is 0. The Morgan fingerprint density at radius 1 is 1.26 bits per heavy atom. The number of amides is 1. The summed E-state index contributed by atoms with van der Waals surface area (Å²) in [7, 11) is 0. The van der Waals surface area contributed by atoms with E-state index in [-0.39, 0.29) is 18.6 Å². The second-order valence-corrected chi connectivity index (χ2v) is 5.92. The van der Waals surface area contributed by atoms with Gasteiger partial charge >= 0.3 is 0 Å². The maximum atomic E-state index is 12.8. The summed E-state index contributed by atoms with van der Waals surface area (Å²) in [4.78, 5) is 14.8. The van der Waals surface area contributed by atoms with Gasteiger partial charge in [-0.3, -0.25) is 9.48 Å². The molecule has 0 unspecified atom stereocenters. The molecule has 0 N–H and O–H groups in total. The summed E-state index contributed by atoms with van der Waals surface area (Å²) in [6.07, 6.45) is 5.13. The van der Waals surface area contributed by atoms with Crippen LogP contribution in [0, 0.1) is 0 Å². The second-order valence-electron chi connectivity index (χ2n) is 5.92. The molecule has 6 heteroatoms. The fourth-order valence-electron chi connectivity index (χ4n) is 3.27. The van der Waals surface area contributed by atoms with Crippen molar-refractivity contribution in [2.45, 2.75) is 31.5 Å². The number of para-hydroxylation sites is 2. The zero-order chi connectivity index (χ0) is 15.6. The first-order valence-corrected chi connectivity index (χ1v) is 7.97. The fourth-order valence-corrected chi connectivity index (χ4v) is 3.27. The quantitative estimate of drug-likeness (QED) is 0.866. The molecule has 23 heavy (non-hydrogen) atoms. The molecule has 1 aromatic carbocycles. The third-order valence-corrected chi connectivity index (χ3v) is 4.40. The second kappa shape index (κ2) is 5.95. The highest BCUT2D eigenvalue weighted by Crippen LogP contribution is 2.32. The SMILES string of the molecule is O=C([C@H]1COc2ccccc2O1)N1CCC[C@H]1Cn1cccn1. The lowest BCUT2D eigenvalue weighted by atomic mass is 10.2. The van der Waals surface area contributed by atoms with Crippen molar-refractivity contribution < 1.29 is 14.3 Å². The molecule has 2 aromatic rings. The Labute approximate surface area is 134 Å². The first kappa shape index (κ1) is 14.1. The van der Waals surface area contributed by atoms with Crippen LogP contribution in [0.1, 0.15) is 12.8 Å². The summed E-state index contributed by atoms with van der Waals surface area (Å²) in [5.74, 6) is 1.35. The highest BCUT2D eigenvalue weighted by molar-refractivity contribution is 5.82. The zero-order valence-corrected chi connectivity index (χ0v) is 12.8. The number of hydrogen-bond acceptors (Lipinski definition) is 4. The van der Waals surface area contributed by atoms with E-state index in [9.17, 15) is 4.79 Å². The van der Waals surface area contributed by atoms with Crippen molar-refractivity contribution in [2.75, 3.05) is 13.2 Å². The molecule has 0 spiro atoms. The van der Waals surface area contributed by atoms with Crippen LogP contribution in [0.15, 0.2) is 42.7 Å². The molecule has 2 aliphatic heterocycles. The molecule has 0 saturated carbocycles. The van der Waals surface area contributed by atoms with Crippen LogP contribution < -0.4 is 9.47 Å². The molecule has 4 rings (SSSR count). The molecule has 0 bridgehead atoms. The summed E-state index contributed by atoms with van der Waals surface area (Å²) < 4.78 is 13.4. The number of likely N-dealkylation sites (tertiary alicyclic amines) is 1. The summed E-state index contributed by atoms with van der Waals surface area (Å²) in [5, 5.41) is 4.24. The minimum absolute atomic E-state index is 0.00848. The fraction of sp³-hybridized carbons (Fsp3) is 0.412. The van der Waals surface area contributed by atoms with E-state index >= 15 is 0 Å². The van der Waals surface area contributed by atoms with Gasteiger partial charge in [0.2, 0.25) is 6.10 Å². The average molecular weight is 313 g/mol. The smallest absolute Gasteiger partial charge is 0.267 e. The Hall–Kier alpha value is -2.50. The van der Waals surface area contributed by atoms with Gasteiger partial charge in [-0.05, 0) is 31.0 Å². The highest BCUT2D eigenvalue weighted by atomic mass is 16.6. The van der Waals surface area contributed by atoms with E-state index in [1.54, 1.807) is 6.20 Å². The lowest BCUT2D eigenvalue weighted by Crippen LogP contribution is -2.49. The Morgan fingerprint density at radius 3 is 2.96 bits per heavy atom. The molecule has 1 aromatic heterocycles. The van der Waals surface area contributed by atoms with Crippen LogP contribution >= 0.6 is 0 Å². The number of ether oxygens (including phenoxy) is 2. The maximum absolute atomic E-state index is 12.8. The molecule has 2 atom stereocenters. The Bertz CT molecular complexity index is 686. The van der Waals surface area contributed by atoms with Crippen LogP contribution in [-0.4, -0.2) is 45.9 Å². The van der Waals surface area contributed by atoms with Gasteiger partial charge in [-0.25, -0.2) is 0 Å². The van der Waals surface area contributed by atoms with Crippen molar-refractivity contribution in [1.29, 1.82) is 0 Å². The lowest BCUT2D eigenvalue weighted by Gasteiger charge is -2.31. The number of carbonyl (C=O) groups excluding carboxylic acids is 1. The van der Waals surface area contributed by atoms with Gasteiger partial charge in [-0.1, -0.05) is 12.1 Å². The molecule has 2 aliphatic rings. The number of carbonyl (C=O) groups is 1. The van der Waals surface area contributed by atoms with Crippen molar-refractivity contribution in [1.82, 2.24) is 14.7 Å². The van der Waals surface area contributed by atoms with Crippen LogP contribution in [0.3, 0.4) is 0 Å². The summed E-state index contributed by atoms with van der Waals surface area (Å²) in [6, 6.07) is 9.53. The van der Waals surface area contributed by atoms with E-state index < -0.39 is 6.10 Å². The van der Waals surface area contributed by atoms with Crippen LogP contribution in [-0.2, 0) is 11.3 Å². The Kier molecular flexibility index (Phi) is 3.65. The molecule has 0 radical (unpaired) electrons. The van der Waals surface area contributed by atoms with E-state index in [0.717, 1.165) is 25.9 Å². The topological polar surface area (TPSA) is 56.6 Å². The monoisotopic (exact) mass is 313 g/mol. The number of benzene rings is 1. The number of fused-ring (bicyclic) bond motifs is 1. The number of nitrogens with zero attached hydrogens (tertiary/aromatic N) is 3. The number of rotatable bonds is 3. The largest absolute Gasteiger partial charge is 0.485 e. The molecular weight excluding hydrogens is 294 g/mol. The first-order chi connectivity index (χ1) is 11.3. The molecule has 0 aliphatic carbocycles. The third kappa shape index (κ3) is 2.76. The van der Waals surface area contributed by atoms with E-state index in [2.05, 4.69) is 5.10 Å². The normalized spacial score (nSPS) is 23.0. The lowest BCUT2D eigenvalue weighted by molar-refractivity contribution is -0.142. The molecule has 6 nitrogen and oxygen atoms in total. The minimum Gasteiger partial charge on any atom is -0.485 e. The van der Waals surface area contributed by atoms with Gasteiger partial charge in [0.25, 0.3) is 5.91 Å². The van der Waals surface area contributed by atoms with Gasteiger partial charge in [0, 0.05) is 18.9 Å². The van der Waals surface area contributed by atoms with E-state index in [1.165, 1.54) is 0 Å². The first-order valence-electron chi connectivity index (χ1n) is 7.97. The van der Waals surface area contributed by atoms with Gasteiger partial charge in [0.05, 0.1) is 12.6 Å². The van der Waals surface area contributed by atoms with E-state index in [1.807, 2.05) is 46.1 Å². The van der Waals surface area contributed by atoms with Crippen molar-refractivity contribution in [3.8, 4) is 11.5 Å². The summed E-state index contributed by atoms with van der Waals surface area (Å²) in [5.41, 5.74) is 0. The number of aromatic nitrogens is 2. The molecule has 1 fully saturated rings. The van der Waals surface area contributed by atoms with E-state index in [0.29, 0.717) is 11.5 Å².